The van der Waals surface area contributed by atoms with Gasteiger partial charge in [-0.05, 0) is 24.5 Å². The highest BCUT2D eigenvalue weighted by molar-refractivity contribution is 5.79. The molecule has 0 bridgehead atoms. The smallest absolute Gasteiger partial charge is 0.224 e. The fraction of sp³-hybridized carbons (Fsp3) is 0.462. The van der Waals surface area contributed by atoms with Gasteiger partial charge in [0.15, 0.2) is 0 Å². The van der Waals surface area contributed by atoms with Gasteiger partial charge in [0.25, 0.3) is 0 Å². The topological polar surface area (TPSA) is 55.1 Å². The molecule has 0 heterocycles. The Morgan fingerprint density at radius 3 is 2.69 bits per heavy atom. The van der Waals surface area contributed by atoms with Crippen molar-refractivity contribution in [3.05, 3.63) is 35.4 Å². The van der Waals surface area contributed by atoms with E-state index in [1.807, 2.05) is 38.1 Å². The summed E-state index contributed by atoms with van der Waals surface area (Å²) in [6.45, 7) is 4.53. The summed E-state index contributed by atoms with van der Waals surface area (Å²) in [6, 6.07) is 8.03. The Balaban J connectivity index is 2.55. The average Bonchev–Trinajstić information content (AvgIpc) is 2.29. The van der Waals surface area contributed by atoms with Gasteiger partial charge in [-0.1, -0.05) is 31.2 Å². The van der Waals surface area contributed by atoms with E-state index in [1.54, 1.807) is 0 Å². The Morgan fingerprint density at radius 1 is 1.44 bits per heavy atom. The average molecular weight is 220 g/mol. The third-order valence-electron chi connectivity index (χ3n) is 2.75. The fourth-order valence-electron chi connectivity index (χ4n) is 1.59. The second-order valence-electron chi connectivity index (χ2n) is 4.01. The van der Waals surface area contributed by atoms with Crippen LogP contribution in [0.3, 0.4) is 0 Å². The van der Waals surface area contributed by atoms with E-state index in [9.17, 15) is 4.79 Å². The van der Waals surface area contributed by atoms with E-state index >= 15 is 0 Å². The van der Waals surface area contributed by atoms with Crippen molar-refractivity contribution in [3.63, 3.8) is 0 Å². The molecule has 1 aromatic carbocycles. The van der Waals surface area contributed by atoms with E-state index in [4.69, 9.17) is 5.73 Å². The lowest BCUT2D eigenvalue weighted by molar-refractivity contribution is -0.121. The lowest BCUT2D eigenvalue weighted by Crippen LogP contribution is -2.40. The largest absolute Gasteiger partial charge is 0.352 e. The molecule has 1 rings (SSSR count). The van der Waals surface area contributed by atoms with Gasteiger partial charge in [-0.3, -0.25) is 4.79 Å². The van der Waals surface area contributed by atoms with Gasteiger partial charge in [0.05, 0.1) is 6.42 Å². The number of rotatable bonds is 5. The molecule has 1 atom stereocenters. The van der Waals surface area contributed by atoms with Gasteiger partial charge in [-0.2, -0.15) is 0 Å². The predicted octanol–water partition coefficient (Wildman–Crippen LogP) is 1.39. The summed E-state index contributed by atoms with van der Waals surface area (Å²) in [5, 5.41) is 2.93. The van der Waals surface area contributed by atoms with Crippen molar-refractivity contribution in [2.75, 3.05) is 6.54 Å². The van der Waals surface area contributed by atoms with Crippen LogP contribution < -0.4 is 11.1 Å². The maximum Gasteiger partial charge on any atom is 0.224 e. The van der Waals surface area contributed by atoms with E-state index in [0.717, 1.165) is 17.5 Å². The third kappa shape index (κ3) is 3.66. The van der Waals surface area contributed by atoms with Crippen LogP contribution in [0.5, 0.6) is 0 Å². The first-order valence-electron chi connectivity index (χ1n) is 5.71. The van der Waals surface area contributed by atoms with Crippen molar-refractivity contribution in [2.24, 2.45) is 5.73 Å². The summed E-state index contributed by atoms with van der Waals surface area (Å²) in [4.78, 5) is 11.7. The van der Waals surface area contributed by atoms with Crippen molar-refractivity contribution in [1.82, 2.24) is 5.32 Å². The minimum atomic E-state index is 0.0478. The quantitative estimate of drug-likeness (QED) is 0.788. The number of nitrogens with two attached hydrogens (primary N) is 1. The minimum Gasteiger partial charge on any atom is -0.352 e. The number of nitrogens with one attached hydrogen (secondary N) is 1. The molecule has 0 saturated carbocycles. The normalized spacial score (nSPS) is 12.2. The van der Waals surface area contributed by atoms with Gasteiger partial charge >= 0.3 is 0 Å². The van der Waals surface area contributed by atoms with E-state index in [1.165, 1.54) is 0 Å². The molecule has 0 fully saturated rings. The van der Waals surface area contributed by atoms with Crippen LogP contribution in [0.25, 0.3) is 0 Å². The molecule has 3 N–H and O–H groups in total. The third-order valence-corrected chi connectivity index (χ3v) is 2.75. The molecular weight excluding hydrogens is 200 g/mol. The summed E-state index contributed by atoms with van der Waals surface area (Å²) in [5.41, 5.74) is 7.77. The number of hydrogen-bond donors (Lipinski definition) is 2. The lowest BCUT2D eigenvalue weighted by atomic mass is 10.1. The molecule has 0 saturated heterocycles. The number of aryl methyl sites for hydroxylation is 1. The van der Waals surface area contributed by atoms with E-state index in [2.05, 4.69) is 5.32 Å². The van der Waals surface area contributed by atoms with Gasteiger partial charge in [-0.25, -0.2) is 0 Å². The van der Waals surface area contributed by atoms with Crippen molar-refractivity contribution < 1.29 is 4.79 Å². The Kier molecular flexibility index (Phi) is 4.99. The fourth-order valence-corrected chi connectivity index (χ4v) is 1.59. The predicted molar refractivity (Wildman–Crippen MR) is 66.2 cm³/mol. The van der Waals surface area contributed by atoms with Crippen LogP contribution in [-0.4, -0.2) is 18.5 Å². The Bertz CT molecular complexity index is 346. The number of benzene rings is 1. The number of amides is 1. The van der Waals surface area contributed by atoms with E-state index in [-0.39, 0.29) is 11.9 Å². The molecule has 3 heteroatoms. The standard InChI is InChI=1S/C13H20N2O/c1-3-12(9-14)15-13(16)8-11-7-5-4-6-10(11)2/h4-7,12H,3,8-9,14H2,1-2H3,(H,15,16). The molecule has 3 nitrogen and oxygen atoms in total. The molecule has 1 unspecified atom stereocenters. The van der Waals surface area contributed by atoms with Crippen molar-refractivity contribution in [1.29, 1.82) is 0 Å². The van der Waals surface area contributed by atoms with Crippen molar-refractivity contribution >= 4 is 5.91 Å². The second kappa shape index (κ2) is 6.28. The first-order valence-corrected chi connectivity index (χ1v) is 5.71. The highest BCUT2D eigenvalue weighted by atomic mass is 16.1. The van der Waals surface area contributed by atoms with E-state index < -0.39 is 0 Å². The lowest BCUT2D eigenvalue weighted by Gasteiger charge is -2.15. The molecule has 88 valence electrons. The van der Waals surface area contributed by atoms with Crippen LogP contribution in [0.2, 0.25) is 0 Å². The zero-order chi connectivity index (χ0) is 12.0. The van der Waals surface area contributed by atoms with Crippen LogP contribution in [0.1, 0.15) is 24.5 Å². The van der Waals surface area contributed by atoms with Crippen LogP contribution in [0.4, 0.5) is 0 Å². The highest BCUT2D eigenvalue weighted by Gasteiger charge is 2.09. The van der Waals surface area contributed by atoms with Gasteiger partial charge in [0.2, 0.25) is 5.91 Å². The van der Waals surface area contributed by atoms with Gasteiger partial charge in [0, 0.05) is 12.6 Å². The molecule has 0 aromatic heterocycles. The summed E-state index contributed by atoms with van der Waals surface area (Å²) < 4.78 is 0. The molecule has 16 heavy (non-hydrogen) atoms. The van der Waals surface area contributed by atoms with Crippen molar-refractivity contribution in [3.8, 4) is 0 Å². The Labute approximate surface area is 97.0 Å². The van der Waals surface area contributed by atoms with Crippen LogP contribution in [-0.2, 0) is 11.2 Å². The summed E-state index contributed by atoms with van der Waals surface area (Å²) in [5.74, 6) is 0.0478. The zero-order valence-electron chi connectivity index (χ0n) is 9.99. The SMILES string of the molecule is CCC(CN)NC(=O)Cc1ccccc1C. The Morgan fingerprint density at radius 2 is 2.12 bits per heavy atom. The molecule has 0 radical (unpaired) electrons. The first-order chi connectivity index (χ1) is 7.67. The van der Waals surface area contributed by atoms with Crippen LogP contribution in [0.15, 0.2) is 24.3 Å². The number of carbonyl (C=O) groups is 1. The second-order valence-corrected chi connectivity index (χ2v) is 4.01. The molecule has 0 aliphatic heterocycles. The maximum atomic E-state index is 11.7. The van der Waals surface area contributed by atoms with Gasteiger partial charge < -0.3 is 11.1 Å². The number of carbonyl (C=O) groups excluding carboxylic acids is 1. The van der Waals surface area contributed by atoms with Crippen molar-refractivity contribution in [2.45, 2.75) is 32.7 Å². The highest BCUT2D eigenvalue weighted by Crippen LogP contribution is 2.07. The summed E-state index contributed by atoms with van der Waals surface area (Å²) >= 11 is 0. The van der Waals surface area contributed by atoms with Gasteiger partial charge in [0.1, 0.15) is 0 Å². The molecule has 0 aliphatic carbocycles. The number of hydrogen-bond acceptors (Lipinski definition) is 2. The molecule has 0 spiro atoms. The van der Waals surface area contributed by atoms with Crippen LogP contribution >= 0.6 is 0 Å². The summed E-state index contributed by atoms with van der Waals surface area (Å²) in [7, 11) is 0. The maximum absolute atomic E-state index is 11.7. The molecule has 1 amide bonds. The molecular formula is C13H20N2O. The Hall–Kier alpha value is -1.35. The van der Waals surface area contributed by atoms with Crippen LogP contribution in [0, 0.1) is 6.92 Å². The van der Waals surface area contributed by atoms with E-state index in [0.29, 0.717) is 13.0 Å². The first kappa shape index (κ1) is 12.7. The zero-order valence-corrected chi connectivity index (χ0v) is 9.99. The minimum absolute atomic E-state index is 0.0478. The summed E-state index contributed by atoms with van der Waals surface area (Å²) in [6.07, 6.45) is 1.30. The molecule has 0 aliphatic rings. The monoisotopic (exact) mass is 220 g/mol. The van der Waals surface area contributed by atoms with Gasteiger partial charge in [-0.15, -0.1) is 0 Å². The molecule has 1 aromatic rings.